The van der Waals surface area contributed by atoms with Gasteiger partial charge in [0.2, 0.25) is 5.88 Å². The molecule has 1 aromatic rings. The van der Waals surface area contributed by atoms with Crippen molar-refractivity contribution in [3.63, 3.8) is 0 Å². The van der Waals surface area contributed by atoms with Crippen LogP contribution in [0.2, 0.25) is 0 Å². The number of hydrogen-bond acceptors (Lipinski definition) is 6. The molecule has 1 aliphatic rings. The topological polar surface area (TPSA) is 94.6 Å². The van der Waals surface area contributed by atoms with Gasteiger partial charge in [0.25, 0.3) is 0 Å². The molecule has 2 rings (SSSR count). The van der Waals surface area contributed by atoms with Crippen molar-refractivity contribution in [2.75, 3.05) is 13.7 Å². The van der Waals surface area contributed by atoms with Crippen LogP contribution in [0.15, 0.2) is 47.1 Å². The first-order valence-corrected chi connectivity index (χ1v) is 7.69. The summed E-state index contributed by atoms with van der Waals surface area (Å²) in [5.41, 5.74) is 7.04. The highest BCUT2D eigenvalue weighted by Crippen LogP contribution is 2.43. The molecule has 0 fully saturated rings. The zero-order valence-electron chi connectivity index (χ0n) is 14.0. The number of hydrogen-bond donors (Lipinski definition) is 1. The van der Waals surface area contributed by atoms with E-state index < -0.39 is 11.9 Å². The Bertz CT molecular complexity index is 744. The van der Waals surface area contributed by atoms with Crippen molar-refractivity contribution in [3.8, 4) is 11.8 Å². The average Bonchev–Trinajstić information content (AvgIpc) is 2.60. The van der Waals surface area contributed by atoms with Gasteiger partial charge in [0, 0.05) is 12.0 Å². The molecule has 0 saturated carbocycles. The zero-order valence-corrected chi connectivity index (χ0v) is 14.0. The van der Waals surface area contributed by atoms with E-state index in [1.54, 1.807) is 19.1 Å². The molecule has 0 saturated heterocycles. The Balaban J connectivity index is 2.71. The molecule has 0 spiro atoms. The molecule has 2 N–H and O–H groups in total. The third-order valence-corrected chi connectivity index (χ3v) is 3.76. The van der Waals surface area contributed by atoms with Gasteiger partial charge >= 0.3 is 5.97 Å². The monoisotopic (exact) mass is 328 g/mol. The minimum absolute atomic E-state index is 0.00157. The number of esters is 1. The Labute approximate surface area is 141 Å². The van der Waals surface area contributed by atoms with Gasteiger partial charge in [-0.3, -0.25) is 0 Å². The molecule has 0 bridgehead atoms. The Hall–Kier alpha value is -2.94. The lowest BCUT2D eigenvalue weighted by Gasteiger charge is -2.28. The van der Waals surface area contributed by atoms with Gasteiger partial charge in [-0.05, 0) is 13.0 Å². The second kappa shape index (κ2) is 7.55. The second-order valence-corrected chi connectivity index (χ2v) is 5.08. The number of carbonyl (C=O) groups excluding carboxylic acids is 1. The Morgan fingerprint density at radius 2 is 2.08 bits per heavy atom. The van der Waals surface area contributed by atoms with E-state index >= 15 is 0 Å². The first-order chi connectivity index (χ1) is 11.6. The van der Waals surface area contributed by atoms with E-state index in [0.717, 1.165) is 0 Å². The lowest BCUT2D eigenvalue weighted by atomic mass is 9.82. The molecule has 6 heteroatoms. The van der Waals surface area contributed by atoms with E-state index in [1.807, 2.05) is 19.1 Å². The van der Waals surface area contributed by atoms with E-state index in [9.17, 15) is 10.1 Å². The van der Waals surface area contributed by atoms with Crippen molar-refractivity contribution in [2.24, 2.45) is 5.73 Å². The fourth-order valence-electron chi connectivity index (χ4n) is 2.73. The number of nitrogens with zero attached hydrogens (tertiary/aromatic N) is 1. The molecule has 0 unspecified atom stereocenters. The van der Waals surface area contributed by atoms with Crippen LogP contribution in [-0.4, -0.2) is 19.7 Å². The molecule has 0 amide bonds. The fourth-order valence-corrected chi connectivity index (χ4v) is 2.73. The quantitative estimate of drug-likeness (QED) is 0.835. The maximum Gasteiger partial charge on any atom is 0.338 e. The molecular formula is C18H20N2O4. The molecule has 24 heavy (non-hydrogen) atoms. The van der Waals surface area contributed by atoms with E-state index in [4.69, 9.17) is 19.9 Å². The molecule has 6 nitrogen and oxygen atoms in total. The maximum atomic E-state index is 12.5. The number of methoxy groups -OCH3 is 1. The van der Waals surface area contributed by atoms with Crippen molar-refractivity contribution < 1.29 is 19.0 Å². The highest BCUT2D eigenvalue weighted by Gasteiger charge is 2.38. The van der Waals surface area contributed by atoms with Gasteiger partial charge in [-0.1, -0.05) is 25.1 Å². The molecule has 1 heterocycles. The fraction of sp³-hybridized carbons (Fsp3) is 0.333. The predicted octanol–water partition coefficient (Wildman–Crippen LogP) is 2.73. The summed E-state index contributed by atoms with van der Waals surface area (Å²) in [5, 5.41) is 9.56. The van der Waals surface area contributed by atoms with Gasteiger partial charge in [-0.2, -0.15) is 5.26 Å². The number of allylic oxidation sites excluding steroid dienone is 2. The van der Waals surface area contributed by atoms with Gasteiger partial charge in [-0.15, -0.1) is 0 Å². The lowest BCUT2D eigenvalue weighted by molar-refractivity contribution is -0.139. The van der Waals surface area contributed by atoms with Gasteiger partial charge in [0.05, 0.1) is 25.2 Å². The number of nitriles is 1. The number of benzene rings is 1. The van der Waals surface area contributed by atoms with Gasteiger partial charge in [0.15, 0.2) is 0 Å². The lowest BCUT2D eigenvalue weighted by Crippen LogP contribution is -2.26. The summed E-state index contributed by atoms with van der Waals surface area (Å²) in [5.74, 6) is -0.249. The standard InChI is InChI=1S/C18H20N2O4/c1-4-13-16(18(21)23-5-2)15(12(10-19)17(20)24-13)11-8-6-7-9-14(11)22-3/h6-9,15H,4-5,20H2,1-3H3/t15-/m0/s1. The SMILES string of the molecule is CCOC(=O)C1=C(CC)OC(N)=C(C#N)[C@@H]1c1ccccc1OC. The molecule has 1 aromatic carbocycles. The Morgan fingerprint density at radius 3 is 2.67 bits per heavy atom. The van der Waals surface area contributed by atoms with Crippen molar-refractivity contribution in [1.82, 2.24) is 0 Å². The largest absolute Gasteiger partial charge is 0.496 e. The molecule has 0 aliphatic carbocycles. The number of rotatable bonds is 5. The van der Waals surface area contributed by atoms with Crippen molar-refractivity contribution in [3.05, 3.63) is 52.6 Å². The molecule has 1 atom stereocenters. The second-order valence-electron chi connectivity index (χ2n) is 5.08. The van der Waals surface area contributed by atoms with Crippen molar-refractivity contribution >= 4 is 5.97 Å². The number of carbonyl (C=O) groups is 1. The van der Waals surface area contributed by atoms with E-state index in [1.165, 1.54) is 7.11 Å². The van der Waals surface area contributed by atoms with Crippen LogP contribution in [0.25, 0.3) is 0 Å². The van der Waals surface area contributed by atoms with E-state index in [-0.39, 0.29) is 23.6 Å². The van der Waals surface area contributed by atoms with Crippen LogP contribution < -0.4 is 10.5 Å². The summed E-state index contributed by atoms with van der Waals surface area (Å²) >= 11 is 0. The Kier molecular flexibility index (Phi) is 5.48. The number of para-hydroxylation sites is 1. The van der Waals surface area contributed by atoms with Crippen molar-refractivity contribution in [1.29, 1.82) is 5.26 Å². The van der Waals surface area contributed by atoms with Crippen LogP contribution in [-0.2, 0) is 14.3 Å². The first kappa shape index (κ1) is 17.4. The highest BCUT2D eigenvalue weighted by molar-refractivity contribution is 5.93. The summed E-state index contributed by atoms with van der Waals surface area (Å²) in [6.45, 7) is 3.79. The van der Waals surface area contributed by atoms with Crippen LogP contribution in [0.5, 0.6) is 5.75 Å². The average molecular weight is 328 g/mol. The van der Waals surface area contributed by atoms with Crippen LogP contribution in [0.1, 0.15) is 31.7 Å². The normalized spacial score (nSPS) is 17.2. The summed E-state index contributed by atoms with van der Waals surface area (Å²) < 4.78 is 16.1. The number of ether oxygens (including phenoxy) is 3. The predicted molar refractivity (Wildman–Crippen MR) is 87.6 cm³/mol. The zero-order chi connectivity index (χ0) is 17.7. The molecule has 0 radical (unpaired) electrons. The van der Waals surface area contributed by atoms with E-state index in [2.05, 4.69) is 6.07 Å². The summed E-state index contributed by atoms with van der Waals surface area (Å²) in [4.78, 5) is 12.5. The summed E-state index contributed by atoms with van der Waals surface area (Å²) in [6, 6.07) is 9.25. The number of nitrogens with two attached hydrogens (primary N) is 1. The molecular weight excluding hydrogens is 308 g/mol. The third kappa shape index (κ3) is 3.06. The molecule has 0 aromatic heterocycles. The van der Waals surface area contributed by atoms with Crippen LogP contribution in [0, 0.1) is 11.3 Å². The highest BCUT2D eigenvalue weighted by atomic mass is 16.5. The summed E-state index contributed by atoms with van der Waals surface area (Å²) in [7, 11) is 1.53. The smallest absolute Gasteiger partial charge is 0.338 e. The molecule has 1 aliphatic heterocycles. The van der Waals surface area contributed by atoms with Gasteiger partial charge < -0.3 is 19.9 Å². The third-order valence-electron chi connectivity index (χ3n) is 3.76. The Morgan fingerprint density at radius 1 is 1.38 bits per heavy atom. The van der Waals surface area contributed by atoms with Crippen LogP contribution in [0.4, 0.5) is 0 Å². The van der Waals surface area contributed by atoms with E-state index in [0.29, 0.717) is 23.5 Å². The van der Waals surface area contributed by atoms with Gasteiger partial charge in [-0.25, -0.2) is 4.79 Å². The minimum Gasteiger partial charge on any atom is -0.496 e. The summed E-state index contributed by atoms with van der Waals surface area (Å²) in [6.07, 6.45) is 0.444. The minimum atomic E-state index is -0.686. The van der Waals surface area contributed by atoms with Gasteiger partial charge in [0.1, 0.15) is 23.2 Å². The van der Waals surface area contributed by atoms with Crippen LogP contribution >= 0.6 is 0 Å². The van der Waals surface area contributed by atoms with Crippen LogP contribution in [0.3, 0.4) is 0 Å². The molecule has 126 valence electrons. The van der Waals surface area contributed by atoms with Crippen molar-refractivity contribution in [2.45, 2.75) is 26.2 Å². The first-order valence-electron chi connectivity index (χ1n) is 7.69. The maximum absolute atomic E-state index is 12.5.